The van der Waals surface area contributed by atoms with E-state index in [2.05, 4.69) is 4.18 Å². The van der Waals surface area contributed by atoms with Gasteiger partial charge in [0.05, 0.1) is 13.2 Å². The SMILES string of the molecule is CCCOCCOS(=O)(=O)[O-].[Na+]. The summed E-state index contributed by atoms with van der Waals surface area (Å²) in [5.74, 6) is 0. The number of ether oxygens (including phenoxy) is 1. The van der Waals surface area contributed by atoms with Gasteiger partial charge < -0.3 is 9.29 Å². The maximum atomic E-state index is 9.83. The molecular weight excluding hydrogens is 195 g/mol. The van der Waals surface area contributed by atoms with E-state index in [1.165, 1.54) is 0 Å². The fourth-order valence-electron chi connectivity index (χ4n) is 0.441. The topological polar surface area (TPSA) is 75.7 Å². The Balaban J connectivity index is 0. The van der Waals surface area contributed by atoms with Crippen LogP contribution in [0.3, 0.4) is 0 Å². The van der Waals surface area contributed by atoms with Crippen LogP contribution in [0.5, 0.6) is 0 Å². The molecule has 0 aromatic rings. The van der Waals surface area contributed by atoms with Crippen molar-refractivity contribution in [1.29, 1.82) is 0 Å². The van der Waals surface area contributed by atoms with E-state index < -0.39 is 10.4 Å². The molecule has 0 N–H and O–H groups in total. The van der Waals surface area contributed by atoms with Crippen LogP contribution in [0.1, 0.15) is 13.3 Å². The van der Waals surface area contributed by atoms with E-state index >= 15 is 0 Å². The zero-order chi connectivity index (χ0) is 8.74. The van der Waals surface area contributed by atoms with Crippen LogP contribution in [0.25, 0.3) is 0 Å². The molecule has 0 atom stereocenters. The Bertz CT molecular complexity index is 178. The average molecular weight is 206 g/mol. The largest absolute Gasteiger partial charge is 1.00 e. The van der Waals surface area contributed by atoms with Crippen molar-refractivity contribution in [3.63, 3.8) is 0 Å². The molecule has 0 unspecified atom stereocenters. The Hall–Kier alpha value is 0.830. The fraction of sp³-hybridized carbons (Fsp3) is 1.00. The smallest absolute Gasteiger partial charge is 0.726 e. The minimum absolute atomic E-state index is 0. The molecule has 0 heterocycles. The summed E-state index contributed by atoms with van der Waals surface area (Å²) in [4.78, 5) is 0. The predicted molar refractivity (Wildman–Crippen MR) is 36.8 cm³/mol. The van der Waals surface area contributed by atoms with Gasteiger partial charge in [0.15, 0.2) is 0 Å². The molecule has 0 amide bonds. The molecule has 0 aromatic carbocycles. The van der Waals surface area contributed by atoms with Crippen molar-refractivity contribution >= 4 is 10.4 Å². The van der Waals surface area contributed by atoms with Crippen molar-refractivity contribution in [3.8, 4) is 0 Å². The zero-order valence-electron chi connectivity index (χ0n) is 7.28. The summed E-state index contributed by atoms with van der Waals surface area (Å²) in [7, 11) is -4.54. The van der Waals surface area contributed by atoms with E-state index in [0.29, 0.717) is 6.61 Å². The summed E-state index contributed by atoms with van der Waals surface area (Å²) in [5, 5.41) is 0. The first-order chi connectivity index (χ1) is 5.06. The van der Waals surface area contributed by atoms with Crippen molar-refractivity contribution in [2.45, 2.75) is 13.3 Å². The summed E-state index contributed by atoms with van der Waals surface area (Å²) in [6.07, 6.45) is 0.851. The average Bonchev–Trinajstić information content (AvgIpc) is 1.85. The molecule has 0 aliphatic carbocycles. The summed E-state index contributed by atoms with van der Waals surface area (Å²) < 4.78 is 38.2. The van der Waals surface area contributed by atoms with Crippen molar-refractivity contribution in [1.82, 2.24) is 0 Å². The predicted octanol–water partition coefficient (Wildman–Crippen LogP) is -3.11. The van der Waals surface area contributed by atoms with Crippen LogP contribution < -0.4 is 29.6 Å². The quantitative estimate of drug-likeness (QED) is 0.199. The third-order valence-corrected chi connectivity index (χ3v) is 1.26. The maximum Gasteiger partial charge on any atom is 1.00 e. The Morgan fingerprint density at radius 2 is 1.83 bits per heavy atom. The molecule has 7 heteroatoms. The summed E-state index contributed by atoms with van der Waals surface area (Å²) >= 11 is 0. The molecule has 0 aliphatic heterocycles. The molecule has 0 spiro atoms. The Labute approximate surface area is 94.7 Å². The van der Waals surface area contributed by atoms with Gasteiger partial charge in [0, 0.05) is 6.61 Å². The standard InChI is InChI=1S/C5H12O5S.Na/c1-2-3-9-4-5-10-11(6,7)8;/h2-5H2,1H3,(H,6,7,8);/q;+1/p-1. The van der Waals surface area contributed by atoms with Gasteiger partial charge in [-0.2, -0.15) is 0 Å². The Kier molecular flexibility index (Phi) is 10.8. The van der Waals surface area contributed by atoms with Crippen molar-refractivity contribution in [3.05, 3.63) is 0 Å². The van der Waals surface area contributed by atoms with Crippen LogP contribution in [0.15, 0.2) is 0 Å². The second-order valence-electron chi connectivity index (χ2n) is 1.84. The second kappa shape index (κ2) is 8.43. The molecule has 0 aromatic heterocycles. The fourth-order valence-corrected chi connectivity index (χ4v) is 0.714. The van der Waals surface area contributed by atoms with Crippen LogP contribution >= 0.6 is 0 Å². The van der Waals surface area contributed by atoms with E-state index in [-0.39, 0.29) is 42.8 Å². The zero-order valence-corrected chi connectivity index (χ0v) is 10.1. The van der Waals surface area contributed by atoms with Gasteiger partial charge in [0.2, 0.25) is 10.4 Å². The van der Waals surface area contributed by atoms with Gasteiger partial charge in [-0.1, -0.05) is 6.92 Å². The van der Waals surface area contributed by atoms with Crippen LogP contribution in [-0.2, 0) is 19.3 Å². The van der Waals surface area contributed by atoms with E-state index in [1.54, 1.807) is 0 Å². The molecule has 0 radical (unpaired) electrons. The molecule has 0 saturated heterocycles. The molecule has 0 bridgehead atoms. The Morgan fingerprint density at radius 3 is 2.25 bits per heavy atom. The van der Waals surface area contributed by atoms with Gasteiger partial charge in [-0.05, 0) is 6.42 Å². The van der Waals surface area contributed by atoms with Gasteiger partial charge in [-0.3, -0.25) is 4.18 Å². The number of hydrogen-bond acceptors (Lipinski definition) is 5. The first-order valence-corrected chi connectivity index (χ1v) is 4.57. The van der Waals surface area contributed by atoms with E-state index in [0.717, 1.165) is 6.42 Å². The van der Waals surface area contributed by atoms with E-state index in [9.17, 15) is 13.0 Å². The molecular formula is C5H11NaO5S. The third-order valence-electron chi connectivity index (χ3n) is 0.804. The van der Waals surface area contributed by atoms with E-state index in [1.807, 2.05) is 6.92 Å². The minimum Gasteiger partial charge on any atom is -0.726 e. The number of rotatable bonds is 6. The molecule has 0 fully saturated rings. The Morgan fingerprint density at radius 1 is 1.25 bits per heavy atom. The molecule has 0 aliphatic rings. The third kappa shape index (κ3) is 13.4. The van der Waals surface area contributed by atoms with Crippen LogP contribution in [-0.4, -0.2) is 32.8 Å². The minimum atomic E-state index is -4.54. The second-order valence-corrected chi connectivity index (χ2v) is 2.89. The van der Waals surface area contributed by atoms with Crippen molar-refractivity contribution in [2.75, 3.05) is 19.8 Å². The van der Waals surface area contributed by atoms with Gasteiger partial charge in [-0.15, -0.1) is 0 Å². The first-order valence-electron chi connectivity index (χ1n) is 3.24. The van der Waals surface area contributed by atoms with E-state index in [4.69, 9.17) is 4.74 Å². The van der Waals surface area contributed by atoms with Crippen molar-refractivity contribution in [2.24, 2.45) is 0 Å². The first kappa shape index (κ1) is 15.3. The van der Waals surface area contributed by atoms with Crippen LogP contribution in [0, 0.1) is 0 Å². The van der Waals surface area contributed by atoms with Gasteiger partial charge in [-0.25, -0.2) is 8.42 Å². The monoisotopic (exact) mass is 206 g/mol. The van der Waals surface area contributed by atoms with Crippen LogP contribution in [0.4, 0.5) is 0 Å². The molecule has 0 saturated carbocycles. The summed E-state index contributed by atoms with van der Waals surface area (Å²) in [6, 6.07) is 0. The molecule has 12 heavy (non-hydrogen) atoms. The van der Waals surface area contributed by atoms with Crippen molar-refractivity contribution < 1.29 is 51.4 Å². The van der Waals surface area contributed by atoms with Gasteiger partial charge in [0.1, 0.15) is 0 Å². The summed E-state index contributed by atoms with van der Waals surface area (Å²) in [5.41, 5.74) is 0. The normalized spacial score (nSPS) is 10.8. The molecule has 5 nitrogen and oxygen atoms in total. The van der Waals surface area contributed by atoms with Crippen LogP contribution in [0.2, 0.25) is 0 Å². The molecule has 0 rings (SSSR count). The summed E-state index contributed by atoms with van der Waals surface area (Å²) in [6.45, 7) is 2.40. The maximum absolute atomic E-state index is 9.83. The molecule has 68 valence electrons. The number of hydrogen-bond donors (Lipinski definition) is 0. The van der Waals surface area contributed by atoms with Gasteiger partial charge in [0.25, 0.3) is 0 Å². The van der Waals surface area contributed by atoms with Gasteiger partial charge >= 0.3 is 29.6 Å².